The van der Waals surface area contributed by atoms with Crippen molar-refractivity contribution in [3.8, 4) is 23.0 Å². The van der Waals surface area contributed by atoms with Crippen molar-refractivity contribution in [3.05, 3.63) is 110 Å². The number of pyridine rings is 2. The van der Waals surface area contributed by atoms with Crippen LogP contribution in [0.2, 0.25) is 0 Å². The Balaban J connectivity index is 1.80. The average molecular weight is 405 g/mol. The molecular weight excluding hydrogens is 387 g/mol. The third-order valence-corrected chi connectivity index (χ3v) is 10.0. The number of hydrogen-bond donors (Lipinski definition) is 0. The number of hydrogen-bond acceptors (Lipinski definition) is 4. The molecule has 1 spiro atoms. The summed E-state index contributed by atoms with van der Waals surface area (Å²) in [6.45, 7) is 0. The summed E-state index contributed by atoms with van der Waals surface area (Å²) < 4.78 is 30.7. The second-order valence-corrected chi connectivity index (χ2v) is 11.0. The normalized spacial score (nSPS) is 20.8. The second kappa shape index (κ2) is 5.04. The van der Waals surface area contributed by atoms with E-state index < -0.39 is 7.15 Å². The van der Waals surface area contributed by atoms with Gasteiger partial charge in [-0.05, 0) is 0 Å². The summed E-state index contributed by atoms with van der Waals surface area (Å²) in [5.41, 5.74) is 0. The number of aromatic nitrogens is 2. The summed E-state index contributed by atoms with van der Waals surface area (Å²) in [5, 5.41) is 0. The van der Waals surface area contributed by atoms with Gasteiger partial charge < -0.3 is 0 Å². The van der Waals surface area contributed by atoms with E-state index in [1.54, 1.807) is 8.68 Å². The van der Waals surface area contributed by atoms with Crippen molar-refractivity contribution in [2.24, 2.45) is 0 Å². The third kappa shape index (κ3) is 1.80. The van der Waals surface area contributed by atoms with E-state index in [1.165, 1.54) is 0 Å². The molecule has 0 unspecified atom stereocenters. The van der Waals surface area contributed by atoms with E-state index in [0.29, 0.717) is 23.0 Å². The number of nitrogens with zero attached hydrogens (tertiary/aromatic N) is 2. The van der Waals surface area contributed by atoms with Crippen LogP contribution in [0.5, 0.6) is 23.0 Å². The zero-order valence-electron chi connectivity index (χ0n) is 15.4. The van der Waals surface area contributed by atoms with Crippen molar-refractivity contribution in [1.82, 2.24) is 0 Å². The first-order valence-electron chi connectivity index (χ1n) is 9.30. The number of para-hydroxylation sites is 4. The van der Waals surface area contributed by atoms with Gasteiger partial charge in [0, 0.05) is 0 Å². The molecule has 144 valence electrons. The molecule has 4 aromatic rings. The van der Waals surface area contributed by atoms with Gasteiger partial charge in [-0.1, -0.05) is 0 Å². The van der Waals surface area contributed by atoms with Crippen LogP contribution in [0.3, 0.4) is 0 Å². The fourth-order valence-electron chi connectivity index (χ4n) is 3.98. The van der Waals surface area contributed by atoms with Crippen LogP contribution in [0.4, 0.5) is 0 Å². The molecule has 0 radical (unpaired) electrons. The molecule has 2 aliphatic rings. The summed E-state index contributed by atoms with van der Waals surface area (Å²) in [5.74, 6) is 2.18. The molecule has 4 heterocycles. The summed E-state index contributed by atoms with van der Waals surface area (Å²) in [4.78, 5) is 0. The molecule has 0 saturated carbocycles. The van der Waals surface area contributed by atoms with E-state index in [-0.39, 0.29) is 0 Å². The molecule has 7 heteroatoms. The van der Waals surface area contributed by atoms with Gasteiger partial charge in [-0.15, -0.1) is 0 Å². The second-order valence-electron chi connectivity index (χ2n) is 6.96. The van der Waals surface area contributed by atoms with Gasteiger partial charge in [0.2, 0.25) is 0 Å². The molecule has 0 saturated heterocycles. The molecule has 0 amide bonds. The fourth-order valence-corrected chi connectivity index (χ4v) is 8.88. The molecule has 6 rings (SSSR count). The van der Waals surface area contributed by atoms with Gasteiger partial charge in [-0.25, -0.2) is 0 Å². The zero-order valence-corrected chi connectivity index (χ0v) is 16.3. The first kappa shape index (κ1) is 16.3. The van der Waals surface area contributed by atoms with Crippen molar-refractivity contribution in [2.45, 2.75) is 0 Å². The fraction of sp³-hybridized carbons (Fsp3) is 0. The molecular formula is C22H18N2O4P+. The van der Waals surface area contributed by atoms with E-state index in [4.69, 9.17) is 18.1 Å². The van der Waals surface area contributed by atoms with Crippen LogP contribution in [0.15, 0.2) is 110 Å². The minimum absolute atomic E-state index is 0.545. The van der Waals surface area contributed by atoms with E-state index in [0.717, 1.165) is 0 Å². The Hall–Kier alpha value is -3.63. The van der Waals surface area contributed by atoms with Crippen molar-refractivity contribution < 1.29 is 26.8 Å². The molecule has 2 aromatic heterocycles. The first-order valence-corrected chi connectivity index (χ1v) is 11.6. The summed E-state index contributed by atoms with van der Waals surface area (Å²) in [6, 6.07) is 26.4. The standard InChI is InChI=1S/C22H18N2O4P/c1-7-15-23(16-8-1)29(24-17-9-2-10-18-24,25-19-11-3-4-12-20(19)26-29)27-21-13-5-6-14-22(21)28-29/h1-18H/q+1. The van der Waals surface area contributed by atoms with Crippen LogP contribution in [0.1, 0.15) is 0 Å². The average Bonchev–Trinajstić information content (AvgIpc) is 3.28. The quantitative estimate of drug-likeness (QED) is 0.470. The van der Waals surface area contributed by atoms with E-state index in [9.17, 15) is 0 Å². The van der Waals surface area contributed by atoms with Crippen LogP contribution in [0.25, 0.3) is 0 Å². The van der Waals surface area contributed by atoms with Gasteiger partial charge in [0.25, 0.3) is 0 Å². The van der Waals surface area contributed by atoms with Crippen LogP contribution < -0.4 is 26.8 Å². The van der Waals surface area contributed by atoms with Crippen molar-refractivity contribution >= 4 is 7.15 Å². The molecule has 2 aliphatic heterocycles. The van der Waals surface area contributed by atoms with Gasteiger partial charge in [0.15, 0.2) is 0 Å². The molecule has 0 fully saturated rings. The van der Waals surface area contributed by atoms with E-state index >= 15 is 0 Å². The number of benzene rings is 2. The maximum absolute atomic E-state index is 6.78. The Bertz CT molecular complexity index is 1100. The summed E-state index contributed by atoms with van der Waals surface area (Å²) in [6.07, 6.45) is 7.36. The van der Waals surface area contributed by atoms with Gasteiger partial charge >= 0.3 is 167 Å². The van der Waals surface area contributed by atoms with Crippen LogP contribution >= 0.6 is 7.15 Å². The molecule has 0 N–H and O–H groups in total. The first-order chi connectivity index (χ1) is 14.2. The monoisotopic (exact) mass is 405 g/mol. The van der Waals surface area contributed by atoms with E-state index in [2.05, 4.69) is 0 Å². The third-order valence-electron chi connectivity index (χ3n) is 5.23. The topological polar surface area (TPSA) is 44.7 Å². The minimum atomic E-state index is -5.39. The Labute approximate surface area is 167 Å². The van der Waals surface area contributed by atoms with Gasteiger partial charge in [0.05, 0.1) is 0 Å². The Kier molecular flexibility index (Phi) is 2.84. The number of fused-ring (bicyclic) bond motifs is 2. The van der Waals surface area contributed by atoms with Crippen LogP contribution in [-0.2, 0) is 0 Å². The number of rotatable bonds is 2. The van der Waals surface area contributed by atoms with Crippen LogP contribution in [-0.4, -0.2) is 0 Å². The summed E-state index contributed by atoms with van der Waals surface area (Å²) >= 11 is 0. The molecule has 0 atom stereocenters. The molecule has 0 bridgehead atoms. The van der Waals surface area contributed by atoms with Gasteiger partial charge in [0.1, 0.15) is 0 Å². The maximum atomic E-state index is 6.78. The van der Waals surface area contributed by atoms with Crippen LogP contribution in [0, 0.1) is 0 Å². The Morgan fingerprint density at radius 2 is 0.724 bits per heavy atom. The van der Waals surface area contributed by atoms with Crippen molar-refractivity contribution in [1.29, 1.82) is 0 Å². The molecule has 0 aliphatic carbocycles. The van der Waals surface area contributed by atoms with Gasteiger partial charge in [-0.3, -0.25) is 0 Å². The van der Waals surface area contributed by atoms with Gasteiger partial charge in [-0.2, -0.15) is 0 Å². The molecule has 2 aromatic carbocycles. The Morgan fingerprint density at radius 1 is 0.414 bits per heavy atom. The van der Waals surface area contributed by atoms with Crippen molar-refractivity contribution in [3.63, 3.8) is 0 Å². The SMILES string of the molecule is c1cc[n+]([P-]23([n+]4ccccc4)(Oc4ccccc4O2)Oc2ccccc2O3)cc1. The predicted octanol–water partition coefficient (Wildman–Crippen LogP) is 4.18. The predicted molar refractivity (Wildman–Crippen MR) is 106 cm³/mol. The zero-order chi connectivity index (χ0) is 19.4. The van der Waals surface area contributed by atoms with Crippen molar-refractivity contribution in [2.75, 3.05) is 0 Å². The van der Waals surface area contributed by atoms with E-state index in [1.807, 2.05) is 110 Å². The molecule has 6 nitrogen and oxygen atoms in total. The summed E-state index contributed by atoms with van der Waals surface area (Å²) in [7, 11) is -5.39. The molecule has 29 heavy (non-hydrogen) atoms. The Morgan fingerprint density at radius 3 is 1.03 bits per heavy atom.